The molecule has 0 saturated carbocycles. The molecule has 1 aliphatic rings. The van der Waals surface area contributed by atoms with E-state index in [4.69, 9.17) is 0 Å². The minimum atomic E-state index is 0.178. The summed E-state index contributed by atoms with van der Waals surface area (Å²) >= 11 is 0. The monoisotopic (exact) mass is 339 g/mol. The quantitative estimate of drug-likeness (QED) is 0.834. The van der Waals surface area contributed by atoms with Crippen LogP contribution in [0.2, 0.25) is 0 Å². The zero-order valence-electron chi connectivity index (χ0n) is 14.9. The van der Waals surface area contributed by atoms with E-state index in [0.29, 0.717) is 6.54 Å². The Labute approximate surface area is 148 Å². The Hall–Kier alpha value is -2.34. The van der Waals surface area contributed by atoms with Crippen LogP contribution in [0.1, 0.15) is 35.7 Å². The number of aromatic nitrogens is 3. The van der Waals surface area contributed by atoms with Gasteiger partial charge in [0, 0.05) is 50.3 Å². The first kappa shape index (κ1) is 17.5. The number of amides is 1. The highest BCUT2D eigenvalue weighted by atomic mass is 16.2. The molecule has 1 saturated heterocycles. The number of piperidine rings is 1. The van der Waals surface area contributed by atoms with Gasteiger partial charge < -0.3 is 4.90 Å². The summed E-state index contributed by atoms with van der Waals surface area (Å²) in [5, 5.41) is 0. The Kier molecular flexibility index (Phi) is 5.71. The van der Waals surface area contributed by atoms with Gasteiger partial charge in [0.1, 0.15) is 0 Å². The number of carbonyl (C=O) groups excluding carboxylic acids is 1. The zero-order valence-corrected chi connectivity index (χ0v) is 14.9. The minimum absolute atomic E-state index is 0.178. The van der Waals surface area contributed by atoms with Gasteiger partial charge in [-0.15, -0.1) is 0 Å². The van der Waals surface area contributed by atoms with E-state index in [9.17, 15) is 4.79 Å². The van der Waals surface area contributed by atoms with Crippen molar-refractivity contribution in [1.29, 1.82) is 0 Å². The highest BCUT2D eigenvalue weighted by molar-refractivity contribution is 5.78. The van der Waals surface area contributed by atoms with Gasteiger partial charge in [-0.1, -0.05) is 6.07 Å². The maximum Gasteiger partial charge on any atom is 0.236 e. The fraction of sp³-hybridized carbons (Fsp3) is 0.474. The molecule has 3 rings (SSSR count). The summed E-state index contributed by atoms with van der Waals surface area (Å²) < 4.78 is 0. The second-order valence-electron chi connectivity index (χ2n) is 6.80. The standard InChI is InChI=1S/C19H25N5O/c1-15-9-21-11-18(22-15)17-6-4-8-24(13-17)19(25)14-23(2)12-16-5-3-7-20-10-16/h3,5,7,9-11,17H,4,6,8,12-14H2,1-2H3/t17-/m0/s1. The third-order valence-electron chi connectivity index (χ3n) is 4.55. The normalized spacial score (nSPS) is 17.7. The summed E-state index contributed by atoms with van der Waals surface area (Å²) in [6.45, 7) is 4.66. The molecule has 6 nitrogen and oxygen atoms in total. The van der Waals surface area contributed by atoms with Crippen molar-refractivity contribution in [2.45, 2.75) is 32.2 Å². The summed E-state index contributed by atoms with van der Waals surface area (Å²) in [5.41, 5.74) is 3.04. The molecule has 0 unspecified atom stereocenters. The lowest BCUT2D eigenvalue weighted by Gasteiger charge is -2.33. The van der Waals surface area contributed by atoms with E-state index in [2.05, 4.69) is 15.0 Å². The van der Waals surface area contributed by atoms with E-state index >= 15 is 0 Å². The van der Waals surface area contributed by atoms with Crippen LogP contribution in [0.15, 0.2) is 36.9 Å². The van der Waals surface area contributed by atoms with Crippen molar-refractivity contribution < 1.29 is 4.79 Å². The minimum Gasteiger partial charge on any atom is -0.341 e. The van der Waals surface area contributed by atoms with Crippen molar-refractivity contribution in [3.8, 4) is 0 Å². The molecule has 1 atom stereocenters. The van der Waals surface area contributed by atoms with E-state index in [0.717, 1.165) is 49.4 Å². The molecule has 3 heterocycles. The van der Waals surface area contributed by atoms with E-state index in [-0.39, 0.29) is 11.8 Å². The van der Waals surface area contributed by atoms with Crippen molar-refractivity contribution >= 4 is 5.91 Å². The molecule has 0 radical (unpaired) electrons. The molecule has 2 aromatic rings. The highest BCUT2D eigenvalue weighted by Gasteiger charge is 2.26. The molecule has 1 fully saturated rings. The number of hydrogen-bond acceptors (Lipinski definition) is 5. The van der Waals surface area contributed by atoms with Gasteiger partial charge in [0.25, 0.3) is 0 Å². The number of likely N-dealkylation sites (tertiary alicyclic amines) is 1. The Morgan fingerprint density at radius 2 is 2.20 bits per heavy atom. The van der Waals surface area contributed by atoms with E-state index in [1.165, 1.54) is 0 Å². The van der Waals surface area contributed by atoms with Gasteiger partial charge in [-0.2, -0.15) is 0 Å². The van der Waals surface area contributed by atoms with Gasteiger partial charge in [-0.3, -0.25) is 24.6 Å². The average Bonchev–Trinajstić information content (AvgIpc) is 2.62. The first-order chi connectivity index (χ1) is 12.1. The van der Waals surface area contributed by atoms with Crippen LogP contribution in [0.3, 0.4) is 0 Å². The summed E-state index contributed by atoms with van der Waals surface area (Å²) in [7, 11) is 1.97. The van der Waals surface area contributed by atoms with Gasteiger partial charge in [-0.05, 0) is 38.4 Å². The summed E-state index contributed by atoms with van der Waals surface area (Å²) in [6.07, 6.45) is 9.28. The van der Waals surface area contributed by atoms with Crippen LogP contribution in [0.25, 0.3) is 0 Å². The largest absolute Gasteiger partial charge is 0.341 e. The number of pyridine rings is 1. The van der Waals surface area contributed by atoms with Crippen LogP contribution < -0.4 is 0 Å². The second kappa shape index (κ2) is 8.16. The second-order valence-corrected chi connectivity index (χ2v) is 6.80. The van der Waals surface area contributed by atoms with Crippen molar-refractivity contribution in [1.82, 2.24) is 24.8 Å². The summed E-state index contributed by atoms with van der Waals surface area (Å²) in [6, 6.07) is 3.95. The molecule has 2 aromatic heterocycles. The summed E-state index contributed by atoms with van der Waals surface area (Å²) in [4.78, 5) is 29.6. The molecule has 0 spiro atoms. The molecular weight excluding hydrogens is 314 g/mol. The predicted octanol–water partition coefficient (Wildman–Crippen LogP) is 2.02. The molecular formula is C19H25N5O. The lowest BCUT2D eigenvalue weighted by Crippen LogP contribution is -2.43. The number of nitrogens with zero attached hydrogens (tertiary/aromatic N) is 5. The lowest BCUT2D eigenvalue weighted by molar-refractivity contribution is -0.133. The van der Waals surface area contributed by atoms with Gasteiger partial charge in [0.15, 0.2) is 0 Å². The SMILES string of the molecule is Cc1cncc([C@H]2CCCN(C(=O)CN(C)Cc3cccnc3)C2)n1. The molecule has 132 valence electrons. The molecule has 6 heteroatoms. The van der Waals surface area contributed by atoms with Crippen molar-refractivity contribution in [3.05, 3.63) is 53.9 Å². The molecule has 0 bridgehead atoms. The first-order valence-corrected chi connectivity index (χ1v) is 8.75. The van der Waals surface area contributed by atoms with Crippen LogP contribution >= 0.6 is 0 Å². The van der Waals surface area contributed by atoms with Crippen LogP contribution in [0.5, 0.6) is 0 Å². The zero-order chi connectivity index (χ0) is 17.6. The molecule has 0 aromatic carbocycles. The number of likely N-dealkylation sites (N-methyl/N-ethyl adjacent to an activating group) is 1. The van der Waals surface area contributed by atoms with Gasteiger partial charge in [-0.25, -0.2) is 0 Å². The fourth-order valence-electron chi connectivity index (χ4n) is 3.31. The fourth-order valence-corrected chi connectivity index (χ4v) is 3.31. The van der Waals surface area contributed by atoms with Crippen molar-refractivity contribution in [2.75, 3.05) is 26.7 Å². The third kappa shape index (κ3) is 4.82. The van der Waals surface area contributed by atoms with Crippen LogP contribution in [-0.4, -0.2) is 57.3 Å². The number of carbonyl (C=O) groups is 1. The van der Waals surface area contributed by atoms with Gasteiger partial charge >= 0.3 is 0 Å². The maximum atomic E-state index is 12.7. The number of rotatable bonds is 5. The topological polar surface area (TPSA) is 62.2 Å². The number of aryl methyl sites for hydroxylation is 1. The smallest absolute Gasteiger partial charge is 0.236 e. The molecule has 1 aliphatic heterocycles. The van der Waals surface area contributed by atoms with Crippen LogP contribution in [0, 0.1) is 6.92 Å². The predicted molar refractivity (Wildman–Crippen MR) is 95.9 cm³/mol. The Morgan fingerprint density at radius 1 is 1.32 bits per heavy atom. The lowest BCUT2D eigenvalue weighted by atomic mass is 9.95. The highest BCUT2D eigenvalue weighted by Crippen LogP contribution is 2.25. The van der Waals surface area contributed by atoms with Gasteiger partial charge in [0.2, 0.25) is 5.91 Å². The van der Waals surface area contributed by atoms with Crippen molar-refractivity contribution in [3.63, 3.8) is 0 Å². The Balaban J connectivity index is 1.56. The van der Waals surface area contributed by atoms with Crippen LogP contribution in [-0.2, 0) is 11.3 Å². The Morgan fingerprint density at radius 3 is 2.96 bits per heavy atom. The summed E-state index contributed by atoms with van der Waals surface area (Å²) in [5.74, 6) is 0.463. The van der Waals surface area contributed by atoms with Crippen molar-refractivity contribution in [2.24, 2.45) is 0 Å². The van der Waals surface area contributed by atoms with E-state index in [1.807, 2.05) is 48.3 Å². The molecule has 1 amide bonds. The number of hydrogen-bond donors (Lipinski definition) is 0. The third-order valence-corrected chi connectivity index (χ3v) is 4.55. The van der Waals surface area contributed by atoms with Crippen LogP contribution in [0.4, 0.5) is 0 Å². The van der Waals surface area contributed by atoms with E-state index in [1.54, 1.807) is 12.4 Å². The first-order valence-electron chi connectivity index (χ1n) is 8.75. The maximum absolute atomic E-state index is 12.7. The van der Waals surface area contributed by atoms with Gasteiger partial charge in [0.05, 0.1) is 17.9 Å². The van der Waals surface area contributed by atoms with E-state index < -0.39 is 0 Å². The average molecular weight is 339 g/mol. The molecule has 0 N–H and O–H groups in total. The molecule has 0 aliphatic carbocycles. The molecule has 25 heavy (non-hydrogen) atoms. The Bertz CT molecular complexity index is 706.